The molecule has 0 unspecified atom stereocenters. The zero-order valence-electron chi connectivity index (χ0n) is 16.4. The Morgan fingerprint density at radius 3 is 1.41 bits per heavy atom. The molecule has 0 aliphatic carbocycles. The number of hydrazone groups is 1. The van der Waals surface area contributed by atoms with Crippen LogP contribution in [0.5, 0.6) is 0 Å². The van der Waals surface area contributed by atoms with Crippen molar-refractivity contribution in [2.75, 3.05) is 17.0 Å². The molecular formula is C26H23N3. The maximum atomic E-state index is 4.55. The first kappa shape index (κ1) is 18.5. The van der Waals surface area contributed by atoms with E-state index in [1.165, 1.54) is 0 Å². The van der Waals surface area contributed by atoms with Gasteiger partial charge in [-0.15, -0.1) is 0 Å². The molecule has 142 valence electrons. The van der Waals surface area contributed by atoms with E-state index in [2.05, 4.69) is 82.8 Å². The molecule has 0 N–H and O–H groups in total. The quantitative estimate of drug-likeness (QED) is 0.277. The summed E-state index contributed by atoms with van der Waals surface area (Å²) in [6.07, 6.45) is 1.88. The minimum Gasteiger partial charge on any atom is -0.311 e. The van der Waals surface area contributed by atoms with Crippen LogP contribution in [0, 0.1) is 0 Å². The third-order valence-electron chi connectivity index (χ3n) is 4.69. The van der Waals surface area contributed by atoms with Gasteiger partial charge in [-0.2, -0.15) is 5.10 Å². The van der Waals surface area contributed by atoms with Crippen molar-refractivity contribution in [1.82, 2.24) is 0 Å². The monoisotopic (exact) mass is 377 g/mol. The first-order valence-electron chi connectivity index (χ1n) is 9.64. The third-order valence-corrected chi connectivity index (χ3v) is 4.69. The molecular weight excluding hydrogens is 354 g/mol. The third kappa shape index (κ3) is 4.53. The first-order chi connectivity index (χ1) is 14.3. The highest BCUT2D eigenvalue weighted by molar-refractivity contribution is 5.83. The normalized spacial score (nSPS) is 10.8. The number of benzene rings is 4. The molecule has 0 bridgehead atoms. The molecule has 0 aromatic heterocycles. The van der Waals surface area contributed by atoms with E-state index in [1.54, 1.807) is 0 Å². The van der Waals surface area contributed by atoms with Gasteiger partial charge >= 0.3 is 0 Å². The van der Waals surface area contributed by atoms with Crippen molar-refractivity contribution in [3.8, 4) is 0 Å². The largest absolute Gasteiger partial charge is 0.311 e. The number of anilines is 4. The fraction of sp³-hybridized carbons (Fsp3) is 0.0385. The molecule has 0 fully saturated rings. The Kier molecular flexibility index (Phi) is 5.68. The summed E-state index contributed by atoms with van der Waals surface area (Å²) < 4.78 is 0. The highest BCUT2D eigenvalue weighted by atomic mass is 15.4. The summed E-state index contributed by atoms with van der Waals surface area (Å²) in [4.78, 5) is 2.25. The van der Waals surface area contributed by atoms with Crippen molar-refractivity contribution in [2.45, 2.75) is 0 Å². The summed E-state index contributed by atoms with van der Waals surface area (Å²) in [7, 11) is 1.95. The van der Waals surface area contributed by atoms with Crippen molar-refractivity contribution >= 4 is 29.0 Å². The molecule has 0 saturated carbocycles. The highest BCUT2D eigenvalue weighted by Crippen LogP contribution is 2.33. The lowest BCUT2D eigenvalue weighted by molar-refractivity contribution is 1.02. The van der Waals surface area contributed by atoms with Gasteiger partial charge in [-0.3, -0.25) is 5.01 Å². The first-order valence-corrected chi connectivity index (χ1v) is 9.64. The van der Waals surface area contributed by atoms with Crippen LogP contribution in [0.3, 0.4) is 0 Å². The van der Waals surface area contributed by atoms with Gasteiger partial charge < -0.3 is 4.90 Å². The van der Waals surface area contributed by atoms with Crippen molar-refractivity contribution in [3.05, 3.63) is 121 Å². The van der Waals surface area contributed by atoms with Crippen LogP contribution in [0.4, 0.5) is 22.7 Å². The van der Waals surface area contributed by atoms with Gasteiger partial charge in [0.15, 0.2) is 0 Å². The second kappa shape index (κ2) is 8.89. The predicted molar refractivity (Wildman–Crippen MR) is 124 cm³/mol. The standard InChI is InChI=1S/C26H23N3/c1-28(23-11-5-2-6-12-23)27-21-22-17-19-26(20-18-22)29(24-13-7-3-8-14-24)25-15-9-4-10-16-25/h2-21H,1H3/b27-21-. The Hall–Kier alpha value is -3.85. The number of nitrogens with zero attached hydrogens (tertiary/aromatic N) is 3. The van der Waals surface area contributed by atoms with Crippen molar-refractivity contribution in [1.29, 1.82) is 0 Å². The molecule has 0 atom stereocenters. The van der Waals surface area contributed by atoms with E-state index in [9.17, 15) is 0 Å². The van der Waals surface area contributed by atoms with Gasteiger partial charge in [-0.05, 0) is 54.1 Å². The smallest absolute Gasteiger partial charge is 0.0590 e. The van der Waals surface area contributed by atoms with E-state index in [0.717, 1.165) is 28.3 Å². The molecule has 0 spiro atoms. The average Bonchev–Trinajstić information content (AvgIpc) is 2.80. The topological polar surface area (TPSA) is 18.8 Å². The minimum atomic E-state index is 1.05. The zero-order chi connectivity index (χ0) is 19.9. The molecule has 0 radical (unpaired) electrons. The van der Waals surface area contributed by atoms with Crippen LogP contribution in [0.2, 0.25) is 0 Å². The van der Waals surface area contributed by atoms with Gasteiger partial charge in [-0.1, -0.05) is 66.7 Å². The fourth-order valence-corrected chi connectivity index (χ4v) is 3.17. The molecule has 0 aliphatic heterocycles. The molecule has 3 nitrogen and oxygen atoms in total. The second-order valence-corrected chi connectivity index (χ2v) is 6.70. The number of hydrogen-bond acceptors (Lipinski definition) is 3. The van der Waals surface area contributed by atoms with Crippen LogP contribution in [0.1, 0.15) is 5.56 Å². The number of para-hydroxylation sites is 3. The van der Waals surface area contributed by atoms with Gasteiger partial charge in [0.05, 0.1) is 11.9 Å². The van der Waals surface area contributed by atoms with E-state index < -0.39 is 0 Å². The summed E-state index contributed by atoms with van der Waals surface area (Å²) in [5, 5.41) is 6.42. The summed E-state index contributed by atoms with van der Waals surface area (Å²) in [5.74, 6) is 0. The summed E-state index contributed by atoms with van der Waals surface area (Å²) >= 11 is 0. The van der Waals surface area contributed by atoms with Crippen LogP contribution in [-0.4, -0.2) is 13.3 Å². The Morgan fingerprint density at radius 1 is 0.517 bits per heavy atom. The molecule has 4 aromatic rings. The van der Waals surface area contributed by atoms with Crippen molar-refractivity contribution in [2.24, 2.45) is 5.10 Å². The van der Waals surface area contributed by atoms with Crippen LogP contribution >= 0.6 is 0 Å². The van der Waals surface area contributed by atoms with E-state index in [1.807, 2.05) is 60.7 Å². The van der Waals surface area contributed by atoms with Gasteiger partial charge in [0.25, 0.3) is 0 Å². The molecule has 0 saturated heterocycles. The molecule has 3 heteroatoms. The van der Waals surface area contributed by atoms with Gasteiger partial charge in [0, 0.05) is 24.1 Å². The van der Waals surface area contributed by atoms with Crippen LogP contribution in [0.15, 0.2) is 120 Å². The molecule has 0 aliphatic rings. The van der Waals surface area contributed by atoms with Crippen LogP contribution in [0.25, 0.3) is 0 Å². The van der Waals surface area contributed by atoms with Crippen LogP contribution < -0.4 is 9.91 Å². The molecule has 29 heavy (non-hydrogen) atoms. The molecule has 4 aromatic carbocycles. The predicted octanol–water partition coefficient (Wildman–Crippen LogP) is 6.63. The maximum absolute atomic E-state index is 4.55. The average molecular weight is 377 g/mol. The maximum Gasteiger partial charge on any atom is 0.0590 e. The van der Waals surface area contributed by atoms with Crippen LogP contribution in [-0.2, 0) is 0 Å². The second-order valence-electron chi connectivity index (χ2n) is 6.70. The lowest BCUT2D eigenvalue weighted by atomic mass is 10.1. The Labute approximate surface area is 172 Å². The van der Waals surface area contributed by atoms with Gasteiger partial charge in [-0.25, -0.2) is 0 Å². The Bertz CT molecular complexity index is 1000. The van der Waals surface area contributed by atoms with Crippen molar-refractivity contribution in [3.63, 3.8) is 0 Å². The Balaban J connectivity index is 1.59. The zero-order valence-corrected chi connectivity index (χ0v) is 16.4. The fourth-order valence-electron chi connectivity index (χ4n) is 3.17. The van der Waals surface area contributed by atoms with Crippen molar-refractivity contribution < 1.29 is 0 Å². The molecule has 0 amide bonds. The lowest BCUT2D eigenvalue weighted by Gasteiger charge is -2.25. The van der Waals surface area contributed by atoms with E-state index in [0.29, 0.717) is 0 Å². The molecule has 4 rings (SSSR count). The van der Waals surface area contributed by atoms with E-state index >= 15 is 0 Å². The Morgan fingerprint density at radius 2 is 0.931 bits per heavy atom. The highest BCUT2D eigenvalue weighted by Gasteiger charge is 2.11. The van der Waals surface area contributed by atoms with Gasteiger partial charge in [0.1, 0.15) is 0 Å². The molecule has 0 heterocycles. The van der Waals surface area contributed by atoms with E-state index in [4.69, 9.17) is 0 Å². The summed E-state index contributed by atoms with van der Waals surface area (Å²) in [6, 6.07) is 39.4. The summed E-state index contributed by atoms with van der Waals surface area (Å²) in [6.45, 7) is 0. The minimum absolute atomic E-state index is 1.05. The SMILES string of the molecule is CN(/N=C\c1ccc(N(c2ccccc2)c2ccccc2)cc1)c1ccccc1. The summed E-state index contributed by atoms with van der Waals surface area (Å²) in [5.41, 5.74) is 5.47. The number of rotatable bonds is 6. The van der Waals surface area contributed by atoms with Gasteiger partial charge in [0.2, 0.25) is 0 Å². The number of hydrogen-bond donors (Lipinski definition) is 0. The lowest BCUT2D eigenvalue weighted by Crippen LogP contribution is -2.10. The van der Waals surface area contributed by atoms with E-state index in [-0.39, 0.29) is 0 Å².